The van der Waals surface area contributed by atoms with Crippen LogP contribution < -0.4 is 11.3 Å². The predicted molar refractivity (Wildman–Crippen MR) is 120 cm³/mol. The van der Waals surface area contributed by atoms with E-state index in [1.165, 1.54) is 27.8 Å². The summed E-state index contributed by atoms with van der Waals surface area (Å²) in [4.78, 5) is 30.8. The molecule has 152 valence electrons. The number of Topliss-reactive ketones (excluding diaryl/α,β-unsaturated/α-hetero) is 1. The van der Waals surface area contributed by atoms with Gasteiger partial charge in [-0.15, -0.1) is 17.9 Å². The molecule has 0 saturated heterocycles. The molecular formula is C21H18N4O3S2. The van der Waals surface area contributed by atoms with Gasteiger partial charge in [-0.25, -0.2) is 0 Å². The maximum Gasteiger partial charge on any atom is 0.283 e. The Morgan fingerprint density at radius 2 is 2.17 bits per heavy atom. The number of hydrogen-bond acceptors (Lipinski definition) is 8. The number of hydrogen-bond donors (Lipinski definition) is 1. The standard InChI is InChI=1S/C21H18N4O3S2/c1-3-5-13-8-12(10-16(28-2)18(13)26)9-15-19(22)25-21(23-20(15)27)30-17(24-25)11-14-6-4-7-29-14/h3-4,6-10H,1,5,11,22H2,2H3/b12-9+. The van der Waals surface area contributed by atoms with E-state index in [0.717, 1.165) is 5.01 Å². The Bertz CT molecular complexity index is 1290. The molecule has 30 heavy (non-hydrogen) atoms. The second-order valence-electron chi connectivity index (χ2n) is 6.51. The number of nitrogen functional groups attached to an aromatic ring is 1. The highest BCUT2D eigenvalue weighted by Gasteiger charge is 2.21. The molecule has 0 amide bonds. The molecule has 0 saturated carbocycles. The quantitative estimate of drug-likeness (QED) is 0.592. The number of carbonyl (C=O) groups is 1. The lowest BCUT2D eigenvalue weighted by atomic mass is 9.95. The van der Waals surface area contributed by atoms with Crippen molar-refractivity contribution in [2.24, 2.45) is 0 Å². The zero-order chi connectivity index (χ0) is 21.3. The molecule has 1 aliphatic carbocycles. The van der Waals surface area contributed by atoms with Gasteiger partial charge >= 0.3 is 0 Å². The number of anilines is 1. The van der Waals surface area contributed by atoms with Gasteiger partial charge in [-0.05, 0) is 41.7 Å². The SMILES string of the molecule is C=CCC1=C/C(=C\c2c(N)n3nc(Cc4cccs4)sc3nc2=O)C=C(OC)C1=O. The summed E-state index contributed by atoms with van der Waals surface area (Å²) in [6.45, 7) is 3.68. The molecule has 0 aliphatic heterocycles. The van der Waals surface area contributed by atoms with Crippen LogP contribution in [0.5, 0.6) is 0 Å². The molecule has 0 bridgehead atoms. The first-order chi connectivity index (χ1) is 14.5. The van der Waals surface area contributed by atoms with Crippen molar-refractivity contribution < 1.29 is 9.53 Å². The topological polar surface area (TPSA) is 99.6 Å². The zero-order valence-electron chi connectivity index (χ0n) is 16.1. The third-order valence-electron chi connectivity index (χ3n) is 4.49. The van der Waals surface area contributed by atoms with Crippen molar-refractivity contribution in [3.63, 3.8) is 0 Å². The van der Waals surface area contributed by atoms with Crippen LogP contribution in [0.15, 0.2) is 64.0 Å². The molecule has 0 aromatic carbocycles. The molecule has 9 heteroatoms. The Morgan fingerprint density at radius 3 is 2.87 bits per heavy atom. The van der Waals surface area contributed by atoms with E-state index >= 15 is 0 Å². The smallest absolute Gasteiger partial charge is 0.283 e. The molecule has 3 aromatic heterocycles. The van der Waals surface area contributed by atoms with Gasteiger partial charge in [0.2, 0.25) is 10.7 Å². The summed E-state index contributed by atoms with van der Waals surface area (Å²) < 4.78 is 6.68. The number of nitrogens with zero attached hydrogens (tertiary/aromatic N) is 3. The number of carbonyl (C=O) groups excluding carboxylic acids is 1. The Morgan fingerprint density at radius 1 is 1.33 bits per heavy atom. The number of rotatable bonds is 6. The van der Waals surface area contributed by atoms with Crippen molar-refractivity contribution in [3.8, 4) is 0 Å². The molecule has 4 rings (SSSR count). The van der Waals surface area contributed by atoms with Crippen LogP contribution in [0.1, 0.15) is 21.9 Å². The van der Waals surface area contributed by atoms with Crippen LogP contribution in [0.4, 0.5) is 5.82 Å². The molecule has 0 radical (unpaired) electrons. The van der Waals surface area contributed by atoms with Crippen LogP contribution in [-0.4, -0.2) is 27.5 Å². The second-order valence-corrected chi connectivity index (χ2v) is 8.58. The van der Waals surface area contributed by atoms with Gasteiger partial charge in [0.25, 0.3) is 5.56 Å². The van der Waals surface area contributed by atoms with E-state index in [1.54, 1.807) is 35.6 Å². The molecule has 3 heterocycles. The second kappa shape index (κ2) is 8.21. The van der Waals surface area contributed by atoms with Crippen molar-refractivity contribution in [2.45, 2.75) is 12.8 Å². The number of ketones is 1. The maximum atomic E-state index is 12.7. The summed E-state index contributed by atoms with van der Waals surface area (Å²) in [5.74, 6) is 0.194. The van der Waals surface area contributed by atoms with Crippen molar-refractivity contribution in [1.29, 1.82) is 0 Å². The first-order valence-electron chi connectivity index (χ1n) is 9.04. The number of methoxy groups -OCH3 is 1. The monoisotopic (exact) mass is 438 g/mol. The molecule has 3 aromatic rings. The Kier molecular flexibility index (Phi) is 5.47. The first kappa shape index (κ1) is 20.0. The number of allylic oxidation sites excluding steroid dienone is 5. The molecule has 0 spiro atoms. The largest absolute Gasteiger partial charge is 0.493 e. The molecule has 1 aliphatic rings. The average molecular weight is 439 g/mol. The fourth-order valence-corrected chi connectivity index (χ4v) is 4.80. The van der Waals surface area contributed by atoms with Crippen LogP contribution in [-0.2, 0) is 16.0 Å². The normalized spacial score (nSPS) is 15.4. The summed E-state index contributed by atoms with van der Waals surface area (Å²) >= 11 is 2.98. The Labute approximate surface area is 180 Å². The zero-order valence-corrected chi connectivity index (χ0v) is 17.8. The highest BCUT2D eigenvalue weighted by molar-refractivity contribution is 7.17. The Balaban J connectivity index is 1.78. The molecule has 0 atom stereocenters. The van der Waals surface area contributed by atoms with E-state index in [9.17, 15) is 9.59 Å². The highest BCUT2D eigenvalue weighted by Crippen LogP contribution is 2.26. The lowest BCUT2D eigenvalue weighted by molar-refractivity contribution is -0.115. The van der Waals surface area contributed by atoms with Gasteiger partial charge in [0.1, 0.15) is 10.8 Å². The van der Waals surface area contributed by atoms with Crippen LogP contribution in [0, 0.1) is 0 Å². The summed E-state index contributed by atoms with van der Waals surface area (Å²) in [7, 11) is 1.43. The van der Waals surface area contributed by atoms with Crippen LogP contribution >= 0.6 is 22.7 Å². The Hall–Kier alpha value is -3.30. The van der Waals surface area contributed by atoms with Crippen LogP contribution in [0.3, 0.4) is 0 Å². The van der Waals surface area contributed by atoms with Crippen molar-refractivity contribution >= 4 is 45.3 Å². The van der Waals surface area contributed by atoms with E-state index in [-0.39, 0.29) is 22.9 Å². The van der Waals surface area contributed by atoms with Gasteiger partial charge in [0, 0.05) is 16.9 Å². The fourth-order valence-electron chi connectivity index (χ4n) is 3.08. The number of ether oxygens (including phenoxy) is 1. The van der Waals surface area contributed by atoms with Crippen LogP contribution in [0.2, 0.25) is 0 Å². The molecule has 7 nitrogen and oxygen atoms in total. The van der Waals surface area contributed by atoms with Gasteiger partial charge in [-0.1, -0.05) is 23.5 Å². The highest BCUT2D eigenvalue weighted by atomic mass is 32.1. The third-order valence-corrected chi connectivity index (χ3v) is 6.27. The van der Waals surface area contributed by atoms with E-state index in [1.807, 2.05) is 17.5 Å². The number of thiophene rings is 1. The summed E-state index contributed by atoms with van der Waals surface area (Å²) in [5, 5.41) is 7.36. The van der Waals surface area contributed by atoms with Crippen molar-refractivity contribution in [3.05, 3.63) is 85.0 Å². The predicted octanol–water partition coefficient (Wildman–Crippen LogP) is 3.38. The van der Waals surface area contributed by atoms with E-state index in [0.29, 0.717) is 28.9 Å². The minimum Gasteiger partial charge on any atom is -0.493 e. The van der Waals surface area contributed by atoms with E-state index in [4.69, 9.17) is 10.5 Å². The fraction of sp³-hybridized carbons (Fsp3) is 0.143. The summed E-state index contributed by atoms with van der Waals surface area (Å²) in [5.41, 5.74) is 7.18. The number of fused-ring (bicyclic) bond motifs is 1. The maximum absolute atomic E-state index is 12.7. The van der Waals surface area contributed by atoms with Crippen molar-refractivity contribution in [2.75, 3.05) is 12.8 Å². The summed E-state index contributed by atoms with van der Waals surface area (Å²) in [6, 6.07) is 4.02. The number of nitrogens with two attached hydrogens (primary N) is 1. The van der Waals surface area contributed by atoms with E-state index in [2.05, 4.69) is 16.7 Å². The molecule has 0 fully saturated rings. The lowest BCUT2D eigenvalue weighted by Gasteiger charge is -2.14. The first-order valence-corrected chi connectivity index (χ1v) is 10.7. The third kappa shape index (κ3) is 3.77. The average Bonchev–Trinajstić information content (AvgIpc) is 3.37. The van der Waals surface area contributed by atoms with Gasteiger partial charge in [-0.3, -0.25) is 9.59 Å². The van der Waals surface area contributed by atoms with Gasteiger partial charge in [0.05, 0.1) is 12.7 Å². The minimum atomic E-state index is -0.450. The van der Waals surface area contributed by atoms with Gasteiger partial charge in [-0.2, -0.15) is 14.6 Å². The minimum absolute atomic E-state index is 0.195. The van der Waals surface area contributed by atoms with Crippen molar-refractivity contribution in [1.82, 2.24) is 14.6 Å². The van der Waals surface area contributed by atoms with Gasteiger partial charge < -0.3 is 10.5 Å². The lowest BCUT2D eigenvalue weighted by Crippen LogP contribution is -2.17. The molecule has 2 N–H and O–H groups in total. The molecular weight excluding hydrogens is 420 g/mol. The van der Waals surface area contributed by atoms with Crippen LogP contribution in [0.25, 0.3) is 11.0 Å². The summed E-state index contributed by atoms with van der Waals surface area (Å²) in [6.07, 6.45) is 7.56. The van der Waals surface area contributed by atoms with Gasteiger partial charge in [0.15, 0.2) is 5.76 Å². The molecule has 0 unspecified atom stereocenters. The van der Waals surface area contributed by atoms with E-state index < -0.39 is 5.56 Å². The number of aromatic nitrogens is 3.